The molecular weight excluding hydrogens is 342 g/mol. The summed E-state index contributed by atoms with van der Waals surface area (Å²) in [6.45, 7) is 2.29. The second-order valence-electron chi connectivity index (χ2n) is 5.30. The Labute approximate surface area is 152 Å². The molecule has 6 nitrogen and oxygen atoms in total. The predicted octanol–water partition coefficient (Wildman–Crippen LogP) is 3.55. The van der Waals surface area contributed by atoms with E-state index in [0.717, 1.165) is 0 Å². The number of guanidine groups is 1. The molecule has 0 saturated carbocycles. The van der Waals surface area contributed by atoms with Crippen molar-refractivity contribution in [1.82, 2.24) is 0 Å². The van der Waals surface area contributed by atoms with Crippen LogP contribution in [0.25, 0.3) is 0 Å². The molecule has 0 bridgehead atoms. The smallest absolute Gasteiger partial charge is 0.193 e. The SMILES string of the molecule is COc1ccc(OC)c(NC(N)=NCC(C)Oc2cccc(Cl)c2)c1. The van der Waals surface area contributed by atoms with Gasteiger partial charge in [-0.2, -0.15) is 0 Å². The van der Waals surface area contributed by atoms with E-state index in [9.17, 15) is 0 Å². The number of methoxy groups -OCH3 is 2. The molecule has 7 heteroatoms. The van der Waals surface area contributed by atoms with Gasteiger partial charge in [0, 0.05) is 11.1 Å². The van der Waals surface area contributed by atoms with E-state index >= 15 is 0 Å². The fraction of sp³-hybridized carbons (Fsp3) is 0.278. The highest BCUT2D eigenvalue weighted by molar-refractivity contribution is 6.30. The molecule has 0 fully saturated rings. The van der Waals surface area contributed by atoms with E-state index in [4.69, 9.17) is 31.5 Å². The lowest BCUT2D eigenvalue weighted by atomic mass is 10.2. The van der Waals surface area contributed by atoms with E-state index in [0.29, 0.717) is 34.5 Å². The Kier molecular flexibility index (Phi) is 6.77. The lowest BCUT2D eigenvalue weighted by Gasteiger charge is -2.14. The van der Waals surface area contributed by atoms with Gasteiger partial charge in [-0.15, -0.1) is 0 Å². The van der Waals surface area contributed by atoms with Gasteiger partial charge in [-0.05, 0) is 37.3 Å². The molecule has 2 aromatic carbocycles. The highest BCUT2D eigenvalue weighted by Gasteiger charge is 2.08. The number of hydrogen-bond donors (Lipinski definition) is 2. The number of nitrogens with two attached hydrogens (primary N) is 1. The largest absolute Gasteiger partial charge is 0.497 e. The Morgan fingerprint density at radius 3 is 2.64 bits per heavy atom. The van der Waals surface area contributed by atoms with Gasteiger partial charge in [-0.1, -0.05) is 17.7 Å². The zero-order valence-electron chi connectivity index (χ0n) is 14.5. The van der Waals surface area contributed by atoms with Crippen molar-refractivity contribution in [2.75, 3.05) is 26.1 Å². The first-order chi connectivity index (χ1) is 12.0. The first-order valence-corrected chi connectivity index (χ1v) is 8.11. The fourth-order valence-corrected chi connectivity index (χ4v) is 2.31. The molecule has 0 saturated heterocycles. The number of hydrogen-bond acceptors (Lipinski definition) is 4. The maximum atomic E-state index is 5.95. The number of halogens is 1. The highest BCUT2D eigenvalue weighted by atomic mass is 35.5. The average Bonchev–Trinajstić information content (AvgIpc) is 2.60. The topological polar surface area (TPSA) is 78.1 Å². The van der Waals surface area contributed by atoms with Crippen LogP contribution in [0.4, 0.5) is 5.69 Å². The van der Waals surface area contributed by atoms with Crippen molar-refractivity contribution in [2.45, 2.75) is 13.0 Å². The van der Waals surface area contributed by atoms with E-state index in [1.54, 1.807) is 44.6 Å². The van der Waals surface area contributed by atoms with Crippen molar-refractivity contribution in [1.29, 1.82) is 0 Å². The lowest BCUT2D eigenvalue weighted by molar-refractivity contribution is 0.230. The number of ether oxygens (including phenoxy) is 3. The second-order valence-corrected chi connectivity index (χ2v) is 5.74. The normalized spacial score (nSPS) is 12.4. The highest BCUT2D eigenvalue weighted by Crippen LogP contribution is 2.28. The van der Waals surface area contributed by atoms with Gasteiger partial charge < -0.3 is 25.3 Å². The molecule has 0 radical (unpaired) electrons. The van der Waals surface area contributed by atoms with E-state index in [1.807, 2.05) is 19.1 Å². The van der Waals surface area contributed by atoms with Gasteiger partial charge in [0.1, 0.15) is 23.4 Å². The number of nitrogens with one attached hydrogen (secondary N) is 1. The van der Waals surface area contributed by atoms with Gasteiger partial charge in [0.05, 0.1) is 26.5 Å². The van der Waals surface area contributed by atoms with Crippen LogP contribution in [-0.2, 0) is 0 Å². The summed E-state index contributed by atoms with van der Waals surface area (Å²) in [5, 5.41) is 3.64. The Bertz CT molecular complexity index is 737. The monoisotopic (exact) mass is 363 g/mol. The molecule has 1 atom stereocenters. The van der Waals surface area contributed by atoms with Crippen molar-refractivity contribution in [3.8, 4) is 17.2 Å². The number of rotatable bonds is 7. The number of anilines is 1. The Hall–Kier alpha value is -2.60. The van der Waals surface area contributed by atoms with Crippen LogP contribution in [0.5, 0.6) is 17.2 Å². The Balaban J connectivity index is 1.97. The quantitative estimate of drug-likeness (QED) is 0.581. The molecule has 2 aromatic rings. The van der Waals surface area contributed by atoms with E-state index < -0.39 is 0 Å². The Morgan fingerprint density at radius 2 is 1.96 bits per heavy atom. The van der Waals surface area contributed by atoms with Crippen LogP contribution in [0.3, 0.4) is 0 Å². The summed E-state index contributed by atoms with van der Waals surface area (Å²) in [6, 6.07) is 12.6. The van der Waals surface area contributed by atoms with Gasteiger partial charge in [0.25, 0.3) is 0 Å². The molecule has 2 rings (SSSR count). The summed E-state index contributed by atoms with van der Waals surface area (Å²) in [6.07, 6.45) is -0.161. The van der Waals surface area contributed by atoms with Gasteiger partial charge in [0.15, 0.2) is 5.96 Å². The lowest BCUT2D eigenvalue weighted by Crippen LogP contribution is -2.26. The fourth-order valence-electron chi connectivity index (χ4n) is 2.13. The summed E-state index contributed by atoms with van der Waals surface area (Å²) in [5.74, 6) is 2.28. The summed E-state index contributed by atoms with van der Waals surface area (Å²) in [4.78, 5) is 4.30. The number of benzene rings is 2. The third-order valence-electron chi connectivity index (χ3n) is 3.32. The predicted molar refractivity (Wildman–Crippen MR) is 101 cm³/mol. The number of aliphatic imine (C=N–C) groups is 1. The minimum Gasteiger partial charge on any atom is -0.497 e. The standard InChI is InChI=1S/C18H22ClN3O3/c1-12(25-15-6-4-5-13(19)9-15)11-21-18(20)22-16-10-14(23-2)7-8-17(16)24-3/h4-10,12H,11H2,1-3H3,(H3,20,21,22). The molecule has 0 amide bonds. The van der Waals surface area contributed by atoms with Crippen molar-refractivity contribution >= 4 is 23.2 Å². The average molecular weight is 364 g/mol. The number of nitrogens with zero attached hydrogens (tertiary/aromatic N) is 1. The molecule has 0 spiro atoms. The molecule has 25 heavy (non-hydrogen) atoms. The van der Waals surface area contributed by atoms with Crippen LogP contribution in [0, 0.1) is 0 Å². The zero-order valence-corrected chi connectivity index (χ0v) is 15.2. The molecule has 0 aliphatic heterocycles. The van der Waals surface area contributed by atoms with E-state index in [-0.39, 0.29) is 12.1 Å². The van der Waals surface area contributed by atoms with Gasteiger partial charge in [-0.3, -0.25) is 0 Å². The molecule has 0 heterocycles. The minimum absolute atomic E-state index is 0.161. The van der Waals surface area contributed by atoms with Crippen LogP contribution >= 0.6 is 11.6 Å². The van der Waals surface area contributed by atoms with Crippen LogP contribution in [0.1, 0.15) is 6.92 Å². The van der Waals surface area contributed by atoms with Crippen LogP contribution in [-0.4, -0.2) is 32.8 Å². The van der Waals surface area contributed by atoms with E-state index in [2.05, 4.69) is 10.3 Å². The molecular formula is C18H22ClN3O3. The molecule has 0 aliphatic rings. The molecule has 1 unspecified atom stereocenters. The second kappa shape index (κ2) is 9.03. The minimum atomic E-state index is -0.161. The summed E-state index contributed by atoms with van der Waals surface area (Å²) < 4.78 is 16.3. The maximum absolute atomic E-state index is 5.95. The third-order valence-corrected chi connectivity index (χ3v) is 3.56. The first-order valence-electron chi connectivity index (χ1n) is 7.73. The van der Waals surface area contributed by atoms with Crippen LogP contribution in [0.15, 0.2) is 47.5 Å². The van der Waals surface area contributed by atoms with Crippen molar-refractivity contribution in [3.05, 3.63) is 47.5 Å². The summed E-state index contributed by atoms with van der Waals surface area (Å²) >= 11 is 5.94. The molecule has 3 N–H and O–H groups in total. The zero-order chi connectivity index (χ0) is 18.2. The van der Waals surface area contributed by atoms with Crippen LogP contribution < -0.4 is 25.3 Å². The van der Waals surface area contributed by atoms with Crippen molar-refractivity contribution in [3.63, 3.8) is 0 Å². The Morgan fingerprint density at radius 1 is 1.16 bits per heavy atom. The van der Waals surface area contributed by atoms with Crippen LogP contribution in [0.2, 0.25) is 5.02 Å². The van der Waals surface area contributed by atoms with Crippen molar-refractivity contribution < 1.29 is 14.2 Å². The molecule has 134 valence electrons. The maximum Gasteiger partial charge on any atom is 0.193 e. The third kappa shape index (κ3) is 5.76. The van der Waals surface area contributed by atoms with Gasteiger partial charge in [-0.25, -0.2) is 4.99 Å². The molecule has 0 aromatic heterocycles. The van der Waals surface area contributed by atoms with Gasteiger partial charge >= 0.3 is 0 Å². The van der Waals surface area contributed by atoms with E-state index in [1.165, 1.54) is 0 Å². The summed E-state index contributed by atoms with van der Waals surface area (Å²) in [5.41, 5.74) is 6.63. The first kappa shape index (κ1) is 18.7. The van der Waals surface area contributed by atoms with Gasteiger partial charge in [0.2, 0.25) is 0 Å². The van der Waals surface area contributed by atoms with Crippen molar-refractivity contribution in [2.24, 2.45) is 10.7 Å². The molecule has 0 aliphatic carbocycles. The summed E-state index contributed by atoms with van der Waals surface area (Å²) in [7, 11) is 3.18.